The van der Waals surface area contributed by atoms with Gasteiger partial charge in [0.2, 0.25) is 10.0 Å². The molecule has 1 heterocycles. The van der Waals surface area contributed by atoms with Gasteiger partial charge in [-0.2, -0.15) is 4.31 Å². The molecule has 1 saturated heterocycles. The van der Waals surface area contributed by atoms with E-state index in [0.717, 1.165) is 30.2 Å². The third-order valence-electron chi connectivity index (χ3n) is 5.71. The molecule has 0 N–H and O–H groups in total. The van der Waals surface area contributed by atoms with Gasteiger partial charge in [0.05, 0.1) is 4.90 Å². The summed E-state index contributed by atoms with van der Waals surface area (Å²) >= 11 is 6.07. The summed E-state index contributed by atoms with van der Waals surface area (Å²) in [4.78, 5) is 17.4. The molecule has 8 heteroatoms. The molecule has 0 spiro atoms. The molecule has 6 nitrogen and oxygen atoms in total. The average molecular weight is 464 g/mol. The zero-order valence-electron chi connectivity index (χ0n) is 18.3. The van der Waals surface area contributed by atoms with Crippen molar-refractivity contribution in [3.05, 3.63) is 64.2 Å². The van der Waals surface area contributed by atoms with E-state index < -0.39 is 10.0 Å². The van der Waals surface area contributed by atoms with Gasteiger partial charge in [-0.15, -0.1) is 0 Å². The van der Waals surface area contributed by atoms with Gasteiger partial charge < -0.3 is 4.90 Å². The number of piperazine rings is 1. The molecule has 0 aliphatic carbocycles. The molecule has 31 heavy (non-hydrogen) atoms. The van der Waals surface area contributed by atoms with Crippen LogP contribution in [0.3, 0.4) is 0 Å². The highest BCUT2D eigenvalue weighted by molar-refractivity contribution is 7.89. The van der Waals surface area contributed by atoms with E-state index >= 15 is 0 Å². The summed E-state index contributed by atoms with van der Waals surface area (Å²) in [5, 5.41) is 0.723. The molecule has 0 bridgehead atoms. The monoisotopic (exact) mass is 463 g/mol. The molecule has 1 aliphatic rings. The largest absolute Gasteiger partial charge is 0.336 e. The second-order valence-corrected chi connectivity index (χ2v) is 10.1. The first-order chi connectivity index (χ1) is 14.8. The van der Waals surface area contributed by atoms with Crippen LogP contribution in [0.5, 0.6) is 0 Å². The van der Waals surface area contributed by atoms with Gasteiger partial charge >= 0.3 is 0 Å². The van der Waals surface area contributed by atoms with Crippen LogP contribution in [0.25, 0.3) is 0 Å². The summed E-state index contributed by atoms with van der Waals surface area (Å²) in [6.07, 6.45) is 0. The van der Waals surface area contributed by atoms with Crippen LogP contribution in [-0.2, 0) is 16.6 Å². The van der Waals surface area contributed by atoms with Gasteiger partial charge in [-0.3, -0.25) is 9.69 Å². The Hall–Kier alpha value is -1.93. The second-order valence-electron chi connectivity index (χ2n) is 7.77. The number of carbonyl (C=O) groups excluding carboxylic acids is 1. The molecule has 1 fully saturated rings. The minimum absolute atomic E-state index is 0.126. The van der Waals surface area contributed by atoms with Crippen molar-refractivity contribution in [1.29, 1.82) is 0 Å². The quantitative estimate of drug-likeness (QED) is 0.629. The molecule has 2 aromatic rings. The van der Waals surface area contributed by atoms with Gasteiger partial charge in [0.1, 0.15) is 0 Å². The summed E-state index contributed by atoms with van der Waals surface area (Å²) in [6, 6.07) is 12.8. The summed E-state index contributed by atoms with van der Waals surface area (Å²) in [5.41, 5.74) is 2.21. The SMILES string of the molecule is CCN(CC)S(=O)(=O)c1cc(C(=O)N2CCN(Cc3cccc(Cl)c3)CC2)ccc1C. The first-order valence-electron chi connectivity index (χ1n) is 10.6. The van der Waals surface area contributed by atoms with Crippen LogP contribution in [-0.4, -0.2) is 67.7 Å². The highest BCUT2D eigenvalue weighted by atomic mass is 35.5. The number of amides is 1. The number of sulfonamides is 1. The lowest BCUT2D eigenvalue weighted by Crippen LogP contribution is -2.48. The Kier molecular flexibility index (Phi) is 7.75. The number of benzene rings is 2. The normalized spacial score (nSPS) is 15.5. The highest BCUT2D eigenvalue weighted by Crippen LogP contribution is 2.23. The Bertz CT molecular complexity index is 1030. The molecule has 0 unspecified atom stereocenters. The van der Waals surface area contributed by atoms with Crippen molar-refractivity contribution in [2.24, 2.45) is 0 Å². The van der Waals surface area contributed by atoms with E-state index in [9.17, 15) is 13.2 Å². The van der Waals surface area contributed by atoms with Crippen molar-refractivity contribution in [1.82, 2.24) is 14.1 Å². The molecule has 0 atom stereocenters. The zero-order valence-corrected chi connectivity index (χ0v) is 19.9. The Labute approximate surface area is 190 Å². The minimum atomic E-state index is -3.62. The van der Waals surface area contributed by atoms with Crippen molar-refractivity contribution in [3.63, 3.8) is 0 Å². The predicted molar refractivity (Wildman–Crippen MR) is 124 cm³/mol. The number of nitrogens with zero attached hydrogens (tertiary/aromatic N) is 3. The number of carbonyl (C=O) groups is 1. The number of aryl methyl sites for hydroxylation is 1. The van der Waals surface area contributed by atoms with Crippen molar-refractivity contribution in [3.8, 4) is 0 Å². The standard InChI is InChI=1S/C23H30ClN3O3S/c1-4-27(5-2)31(29,30)22-16-20(10-9-18(22)3)23(28)26-13-11-25(12-14-26)17-19-7-6-8-21(24)15-19/h6-10,15-16H,4-5,11-14,17H2,1-3H3. The molecule has 0 aromatic heterocycles. The maximum Gasteiger partial charge on any atom is 0.253 e. The van der Waals surface area contributed by atoms with Crippen LogP contribution in [0, 0.1) is 6.92 Å². The number of halogens is 1. The predicted octanol–water partition coefficient (Wildman–Crippen LogP) is 3.64. The number of hydrogen-bond donors (Lipinski definition) is 0. The van der Waals surface area contributed by atoms with E-state index in [0.29, 0.717) is 37.3 Å². The maximum atomic E-state index is 13.1. The van der Waals surface area contributed by atoms with Gasteiger partial charge in [0.15, 0.2) is 0 Å². The van der Waals surface area contributed by atoms with Gasteiger partial charge in [0, 0.05) is 56.4 Å². The highest BCUT2D eigenvalue weighted by Gasteiger charge is 2.27. The zero-order chi connectivity index (χ0) is 22.6. The molecule has 0 radical (unpaired) electrons. The first-order valence-corrected chi connectivity index (χ1v) is 12.4. The summed E-state index contributed by atoms with van der Waals surface area (Å²) in [7, 11) is -3.62. The van der Waals surface area contributed by atoms with E-state index in [2.05, 4.69) is 4.90 Å². The fourth-order valence-corrected chi connectivity index (χ4v) is 5.82. The van der Waals surface area contributed by atoms with Crippen molar-refractivity contribution in [2.45, 2.75) is 32.2 Å². The van der Waals surface area contributed by atoms with Crippen LogP contribution < -0.4 is 0 Å². The third kappa shape index (κ3) is 5.47. The molecule has 1 amide bonds. The Morgan fingerprint density at radius 2 is 1.71 bits per heavy atom. The maximum absolute atomic E-state index is 13.1. The van der Waals surface area contributed by atoms with E-state index in [-0.39, 0.29) is 10.8 Å². The summed E-state index contributed by atoms with van der Waals surface area (Å²) in [6.45, 7) is 9.69. The Morgan fingerprint density at radius 3 is 2.32 bits per heavy atom. The fourth-order valence-electron chi connectivity index (χ4n) is 3.90. The number of rotatable bonds is 7. The van der Waals surface area contributed by atoms with Crippen LogP contribution >= 0.6 is 11.6 Å². The Balaban J connectivity index is 1.70. The van der Waals surface area contributed by atoms with Crippen LogP contribution in [0.15, 0.2) is 47.4 Å². The van der Waals surface area contributed by atoms with Gasteiger partial charge in [-0.25, -0.2) is 8.42 Å². The Morgan fingerprint density at radius 1 is 1.03 bits per heavy atom. The van der Waals surface area contributed by atoms with Crippen LogP contribution in [0.4, 0.5) is 0 Å². The van der Waals surface area contributed by atoms with Crippen molar-refractivity contribution in [2.75, 3.05) is 39.3 Å². The molecule has 0 saturated carbocycles. The van der Waals surface area contributed by atoms with Crippen molar-refractivity contribution >= 4 is 27.5 Å². The van der Waals surface area contributed by atoms with E-state index in [4.69, 9.17) is 11.6 Å². The lowest BCUT2D eigenvalue weighted by Gasteiger charge is -2.35. The average Bonchev–Trinajstić information content (AvgIpc) is 2.75. The van der Waals surface area contributed by atoms with Gasteiger partial charge in [-0.1, -0.05) is 43.6 Å². The van der Waals surface area contributed by atoms with Crippen molar-refractivity contribution < 1.29 is 13.2 Å². The smallest absolute Gasteiger partial charge is 0.253 e. The lowest BCUT2D eigenvalue weighted by molar-refractivity contribution is 0.0628. The molecule has 168 valence electrons. The van der Waals surface area contributed by atoms with Crippen LogP contribution in [0.2, 0.25) is 5.02 Å². The third-order valence-corrected chi connectivity index (χ3v) is 8.14. The van der Waals surface area contributed by atoms with Gasteiger partial charge in [0.25, 0.3) is 5.91 Å². The molecule has 3 rings (SSSR count). The summed E-state index contributed by atoms with van der Waals surface area (Å²) in [5.74, 6) is -0.126. The van der Waals surface area contributed by atoms with Crippen LogP contribution in [0.1, 0.15) is 35.3 Å². The number of hydrogen-bond acceptors (Lipinski definition) is 4. The first kappa shape index (κ1) is 23.7. The van der Waals surface area contributed by atoms with Gasteiger partial charge in [-0.05, 0) is 42.3 Å². The molecule has 1 aliphatic heterocycles. The lowest BCUT2D eigenvalue weighted by atomic mass is 10.1. The van der Waals surface area contributed by atoms with E-state index in [1.807, 2.05) is 38.1 Å². The second kappa shape index (κ2) is 10.1. The molecule has 2 aromatic carbocycles. The topological polar surface area (TPSA) is 60.9 Å². The molecular formula is C23H30ClN3O3S. The fraction of sp³-hybridized carbons (Fsp3) is 0.435. The molecular weight excluding hydrogens is 434 g/mol. The van der Waals surface area contributed by atoms with E-state index in [1.165, 1.54) is 10.4 Å². The minimum Gasteiger partial charge on any atom is -0.336 e. The van der Waals surface area contributed by atoms with E-state index in [1.54, 1.807) is 24.0 Å². The summed E-state index contributed by atoms with van der Waals surface area (Å²) < 4.78 is 27.4.